The lowest BCUT2D eigenvalue weighted by molar-refractivity contribution is -0.119. The molecule has 2 aromatic heterocycles. The molecule has 2 heterocycles. The number of carbonyl (C=O) groups is 1. The van der Waals surface area contributed by atoms with Gasteiger partial charge < -0.3 is 15.6 Å². The highest BCUT2D eigenvalue weighted by Crippen LogP contribution is 2.40. The number of nitrogens with two attached hydrogens (primary N) is 1. The fraction of sp³-hybridized carbons (Fsp3) is 0.462. The van der Waals surface area contributed by atoms with E-state index in [9.17, 15) is 4.79 Å². The topological polar surface area (TPSA) is 85.8 Å². The van der Waals surface area contributed by atoms with Crippen LogP contribution < -0.4 is 11.1 Å². The van der Waals surface area contributed by atoms with Gasteiger partial charge in [-0.25, -0.2) is 9.97 Å². The maximum absolute atomic E-state index is 10.9. The molecular weight excluding hydrogens is 369 g/mol. The van der Waals surface area contributed by atoms with E-state index in [0.29, 0.717) is 17.8 Å². The van der Waals surface area contributed by atoms with Gasteiger partial charge in [-0.15, -0.1) is 0 Å². The molecule has 1 amide bonds. The Morgan fingerprint density at radius 3 is 3.00 bits per heavy atom. The molecule has 1 fully saturated rings. The quantitative estimate of drug-likeness (QED) is 0.788. The minimum atomic E-state index is 0.0370. The number of fused-ring (bicyclic) bond motifs is 1. The zero-order chi connectivity index (χ0) is 14.3. The summed E-state index contributed by atoms with van der Waals surface area (Å²) in [5.41, 5.74) is 6.83. The van der Waals surface area contributed by atoms with E-state index in [1.165, 1.54) is 6.33 Å². The third-order valence-corrected chi connectivity index (χ3v) is 4.65. The number of nitrogen functional groups attached to an aromatic ring is 1. The first kappa shape index (κ1) is 13.6. The molecule has 0 bridgehead atoms. The van der Waals surface area contributed by atoms with Gasteiger partial charge in [0.2, 0.25) is 5.91 Å². The number of nitrogens with zero attached hydrogens (tertiary/aromatic N) is 3. The van der Waals surface area contributed by atoms with Crippen molar-refractivity contribution in [2.45, 2.75) is 25.8 Å². The van der Waals surface area contributed by atoms with Crippen LogP contribution in [0.5, 0.6) is 0 Å². The van der Waals surface area contributed by atoms with Crippen LogP contribution in [0.3, 0.4) is 0 Å². The van der Waals surface area contributed by atoms with E-state index in [1.807, 2.05) is 0 Å². The summed E-state index contributed by atoms with van der Waals surface area (Å²) in [7, 11) is 0. The molecule has 1 saturated carbocycles. The summed E-state index contributed by atoms with van der Waals surface area (Å²) < 4.78 is 3.28. The summed E-state index contributed by atoms with van der Waals surface area (Å²) in [6, 6.07) is 0.439. The van der Waals surface area contributed by atoms with Crippen molar-refractivity contribution < 1.29 is 4.79 Å². The van der Waals surface area contributed by atoms with Crippen LogP contribution in [0.1, 0.15) is 25.8 Å². The van der Waals surface area contributed by atoms with E-state index in [0.717, 1.165) is 34.0 Å². The van der Waals surface area contributed by atoms with Crippen LogP contribution in [-0.2, 0) is 4.79 Å². The first-order chi connectivity index (χ1) is 9.56. The molecule has 0 aliphatic heterocycles. The van der Waals surface area contributed by atoms with Crippen LogP contribution in [0.2, 0.25) is 0 Å². The van der Waals surface area contributed by atoms with Gasteiger partial charge in [-0.1, -0.05) is 0 Å². The van der Waals surface area contributed by atoms with Crippen LogP contribution in [0.15, 0.2) is 12.5 Å². The molecule has 2 aromatic rings. The van der Waals surface area contributed by atoms with Crippen LogP contribution in [0, 0.1) is 9.49 Å². The van der Waals surface area contributed by atoms with Gasteiger partial charge in [0.05, 0.1) is 5.39 Å². The van der Waals surface area contributed by atoms with Crippen molar-refractivity contribution in [3.63, 3.8) is 0 Å². The molecule has 0 atom stereocenters. The Kier molecular flexibility index (Phi) is 3.53. The molecule has 0 aromatic carbocycles. The largest absolute Gasteiger partial charge is 0.383 e. The minimum absolute atomic E-state index is 0.0370. The van der Waals surface area contributed by atoms with Crippen LogP contribution in [-0.4, -0.2) is 27.0 Å². The lowest BCUT2D eigenvalue weighted by Crippen LogP contribution is -2.36. The lowest BCUT2D eigenvalue weighted by atomic mass is 9.80. The fourth-order valence-electron chi connectivity index (χ4n) is 2.72. The molecule has 1 aliphatic rings. The highest BCUT2D eigenvalue weighted by Gasteiger charge is 2.32. The van der Waals surface area contributed by atoms with Gasteiger partial charge in [0.25, 0.3) is 0 Å². The number of carbonyl (C=O) groups excluding carboxylic acids is 1. The van der Waals surface area contributed by atoms with Crippen LogP contribution >= 0.6 is 22.6 Å². The Morgan fingerprint density at radius 2 is 2.30 bits per heavy atom. The molecule has 6 nitrogen and oxygen atoms in total. The third-order valence-electron chi connectivity index (χ3n) is 3.84. The summed E-state index contributed by atoms with van der Waals surface area (Å²) in [6.45, 7) is 2.32. The number of halogens is 1. The Bertz CT molecular complexity index is 662. The highest BCUT2D eigenvalue weighted by molar-refractivity contribution is 14.1. The molecule has 106 valence electrons. The van der Waals surface area contributed by atoms with Gasteiger partial charge >= 0.3 is 0 Å². The van der Waals surface area contributed by atoms with Crippen molar-refractivity contribution in [1.29, 1.82) is 0 Å². The summed E-state index contributed by atoms with van der Waals surface area (Å²) in [5.74, 6) is 1.13. The Balaban J connectivity index is 1.77. The second-order valence-corrected chi connectivity index (χ2v) is 6.43. The second kappa shape index (κ2) is 5.19. The van der Waals surface area contributed by atoms with E-state index < -0.39 is 0 Å². The van der Waals surface area contributed by atoms with E-state index in [1.54, 1.807) is 6.92 Å². The zero-order valence-electron chi connectivity index (χ0n) is 11.1. The molecule has 0 radical (unpaired) electrons. The number of rotatable bonds is 3. The summed E-state index contributed by atoms with van der Waals surface area (Å²) in [5, 5.41) is 3.82. The molecule has 20 heavy (non-hydrogen) atoms. The number of amides is 1. The molecule has 0 spiro atoms. The number of anilines is 1. The maximum atomic E-state index is 10.9. The van der Waals surface area contributed by atoms with Gasteiger partial charge in [-0.05, 0) is 41.4 Å². The van der Waals surface area contributed by atoms with Crippen molar-refractivity contribution in [1.82, 2.24) is 19.9 Å². The van der Waals surface area contributed by atoms with Gasteiger partial charge in [0.1, 0.15) is 17.8 Å². The first-order valence-electron chi connectivity index (χ1n) is 6.57. The summed E-state index contributed by atoms with van der Waals surface area (Å²) >= 11 is 2.27. The van der Waals surface area contributed by atoms with E-state index in [-0.39, 0.29) is 5.91 Å². The minimum Gasteiger partial charge on any atom is -0.383 e. The Morgan fingerprint density at radius 1 is 1.55 bits per heavy atom. The van der Waals surface area contributed by atoms with Crippen molar-refractivity contribution >= 4 is 45.3 Å². The van der Waals surface area contributed by atoms with Crippen molar-refractivity contribution in [3.05, 3.63) is 16.1 Å². The smallest absolute Gasteiger partial charge is 0.216 e. The Labute approximate surface area is 130 Å². The van der Waals surface area contributed by atoms with Crippen molar-refractivity contribution in [2.75, 3.05) is 12.3 Å². The number of nitrogens with one attached hydrogen (secondary N) is 1. The molecule has 3 rings (SSSR count). The predicted octanol–water partition coefficient (Wildman–Crippen LogP) is 1.71. The fourth-order valence-corrected chi connectivity index (χ4v) is 3.54. The summed E-state index contributed by atoms with van der Waals surface area (Å²) in [4.78, 5) is 19.3. The van der Waals surface area contributed by atoms with Gasteiger partial charge in [-0.3, -0.25) is 4.79 Å². The average Bonchev–Trinajstić information content (AvgIpc) is 2.66. The van der Waals surface area contributed by atoms with Crippen LogP contribution in [0.4, 0.5) is 5.82 Å². The third kappa shape index (κ3) is 2.34. The van der Waals surface area contributed by atoms with Crippen molar-refractivity contribution in [3.8, 4) is 0 Å². The highest BCUT2D eigenvalue weighted by atomic mass is 127. The number of hydrogen-bond acceptors (Lipinski definition) is 4. The molecule has 1 aliphatic carbocycles. The Hall–Kier alpha value is -1.38. The SMILES string of the molecule is CC(=O)NCC1CC(n2cc(I)c3c(N)ncnc32)C1. The molecule has 7 heteroatoms. The van der Waals surface area contributed by atoms with E-state index in [2.05, 4.69) is 48.6 Å². The monoisotopic (exact) mass is 385 g/mol. The maximum Gasteiger partial charge on any atom is 0.216 e. The molecule has 3 N–H and O–H groups in total. The zero-order valence-corrected chi connectivity index (χ0v) is 13.3. The summed E-state index contributed by atoms with van der Waals surface area (Å²) in [6.07, 6.45) is 5.72. The molecule has 0 unspecified atom stereocenters. The lowest BCUT2D eigenvalue weighted by Gasteiger charge is -2.36. The predicted molar refractivity (Wildman–Crippen MR) is 85.1 cm³/mol. The number of aromatic nitrogens is 3. The van der Waals surface area contributed by atoms with Crippen LogP contribution in [0.25, 0.3) is 11.0 Å². The van der Waals surface area contributed by atoms with Crippen molar-refractivity contribution in [2.24, 2.45) is 5.92 Å². The van der Waals surface area contributed by atoms with Gasteiger partial charge in [0, 0.05) is 29.3 Å². The van der Waals surface area contributed by atoms with Gasteiger partial charge in [0.15, 0.2) is 0 Å². The molecular formula is C13H16IN5O. The van der Waals surface area contributed by atoms with Gasteiger partial charge in [-0.2, -0.15) is 0 Å². The van der Waals surface area contributed by atoms with E-state index >= 15 is 0 Å². The average molecular weight is 385 g/mol. The normalized spacial score (nSPS) is 21.7. The second-order valence-electron chi connectivity index (χ2n) is 5.27. The number of hydrogen-bond donors (Lipinski definition) is 2. The first-order valence-corrected chi connectivity index (χ1v) is 7.65. The standard InChI is InChI=1S/C13H16IN5O/c1-7(20)16-4-8-2-9(3-8)19-5-10(14)11-12(15)17-6-18-13(11)19/h5-6,8-9H,2-4H2,1H3,(H,16,20)(H2,15,17,18). The van der Waals surface area contributed by atoms with E-state index in [4.69, 9.17) is 5.73 Å². The molecule has 0 saturated heterocycles.